The zero-order valence-corrected chi connectivity index (χ0v) is 6.74. The number of rotatable bonds is 2. The zero-order chi connectivity index (χ0) is 7.90. The predicted octanol–water partition coefficient (Wildman–Crippen LogP) is 0.796. The summed E-state index contributed by atoms with van der Waals surface area (Å²) in [5, 5.41) is 7.62. The summed E-state index contributed by atoms with van der Waals surface area (Å²) in [6, 6.07) is 0.616. The minimum Gasteiger partial charge on any atom is -0.467 e. The minimum absolute atomic E-state index is 0.231. The van der Waals surface area contributed by atoms with Gasteiger partial charge in [-0.05, 0) is 19.8 Å². The van der Waals surface area contributed by atoms with Crippen LogP contribution in [0.25, 0.3) is 0 Å². The summed E-state index contributed by atoms with van der Waals surface area (Å²) in [6.45, 7) is 2.18. The van der Waals surface area contributed by atoms with Crippen LogP contribution in [0.2, 0.25) is 0 Å². The maximum Gasteiger partial charge on any atom is 0.316 e. The van der Waals surface area contributed by atoms with Crippen molar-refractivity contribution >= 4 is 0 Å². The Balaban J connectivity index is 2.36. The van der Waals surface area contributed by atoms with Crippen LogP contribution in [0.5, 0.6) is 6.01 Å². The van der Waals surface area contributed by atoms with E-state index in [0.717, 1.165) is 0 Å². The van der Waals surface area contributed by atoms with Crippen LogP contribution in [-0.2, 0) is 5.54 Å². The summed E-state index contributed by atoms with van der Waals surface area (Å²) in [5.41, 5.74) is 0.231. The molecule has 0 aromatic carbocycles. The standard InChI is InChI=1S/C7H11N3O/c1-7(3-4-7)10-5-8-9-6(10)11-2/h5H,3-4H2,1-2H3. The lowest BCUT2D eigenvalue weighted by Crippen LogP contribution is -2.12. The number of aromatic nitrogens is 3. The van der Waals surface area contributed by atoms with Crippen LogP contribution in [0.3, 0.4) is 0 Å². The molecular formula is C7H11N3O. The van der Waals surface area contributed by atoms with E-state index in [0.29, 0.717) is 6.01 Å². The van der Waals surface area contributed by atoms with Gasteiger partial charge in [0.15, 0.2) is 0 Å². The van der Waals surface area contributed by atoms with Gasteiger partial charge in [0, 0.05) is 5.54 Å². The second kappa shape index (κ2) is 1.96. The number of nitrogens with zero attached hydrogens (tertiary/aromatic N) is 3. The molecule has 11 heavy (non-hydrogen) atoms. The summed E-state index contributed by atoms with van der Waals surface area (Å²) in [6.07, 6.45) is 4.12. The SMILES string of the molecule is COc1nncn1C1(C)CC1. The van der Waals surface area contributed by atoms with Crippen molar-refractivity contribution in [2.45, 2.75) is 25.3 Å². The molecule has 1 fully saturated rings. The van der Waals surface area contributed by atoms with E-state index in [1.54, 1.807) is 13.4 Å². The van der Waals surface area contributed by atoms with E-state index in [9.17, 15) is 0 Å². The van der Waals surface area contributed by atoms with Crippen LogP contribution < -0.4 is 4.74 Å². The van der Waals surface area contributed by atoms with E-state index in [2.05, 4.69) is 17.1 Å². The lowest BCUT2D eigenvalue weighted by molar-refractivity contribution is 0.334. The Morgan fingerprint density at radius 1 is 1.64 bits per heavy atom. The van der Waals surface area contributed by atoms with Crippen molar-refractivity contribution in [1.29, 1.82) is 0 Å². The third kappa shape index (κ3) is 0.895. The quantitative estimate of drug-likeness (QED) is 0.630. The molecule has 1 aromatic rings. The van der Waals surface area contributed by atoms with E-state index < -0.39 is 0 Å². The first kappa shape index (κ1) is 6.64. The molecule has 0 spiro atoms. The molecule has 0 saturated heterocycles. The van der Waals surface area contributed by atoms with E-state index in [1.807, 2.05) is 4.57 Å². The van der Waals surface area contributed by atoms with Crippen LogP contribution in [0.4, 0.5) is 0 Å². The maximum atomic E-state index is 5.04. The van der Waals surface area contributed by atoms with Crippen molar-refractivity contribution < 1.29 is 4.74 Å². The molecule has 0 radical (unpaired) electrons. The first-order valence-electron chi connectivity index (χ1n) is 3.71. The van der Waals surface area contributed by atoms with Gasteiger partial charge in [0.1, 0.15) is 6.33 Å². The lowest BCUT2D eigenvalue weighted by atomic mass is 10.3. The fraction of sp³-hybridized carbons (Fsp3) is 0.714. The van der Waals surface area contributed by atoms with Crippen molar-refractivity contribution in [1.82, 2.24) is 14.8 Å². The molecule has 60 valence electrons. The van der Waals surface area contributed by atoms with Gasteiger partial charge >= 0.3 is 6.01 Å². The Morgan fingerprint density at radius 2 is 2.36 bits per heavy atom. The molecule has 0 N–H and O–H groups in total. The number of methoxy groups -OCH3 is 1. The molecule has 1 aliphatic rings. The highest BCUT2D eigenvalue weighted by Crippen LogP contribution is 2.44. The van der Waals surface area contributed by atoms with Gasteiger partial charge in [-0.2, -0.15) is 0 Å². The average molecular weight is 153 g/mol. The second-order valence-electron chi connectivity index (χ2n) is 3.18. The summed E-state index contributed by atoms with van der Waals surface area (Å²) in [7, 11) is 1.62. The van der Waals surface area contributed by atoms with Crippen molar-refractivity contribution in [2.24, 2.45) is 0 Å². The fourth-order valence-electron chi connectivity index (χ4n) is 1.16. The fourth-order valence-corrected chi connectivity index (χ4v) is 1.16. The lowest BCUT2D eigenvalue weighted by Gasteiger charge is -2.10. The smallest absolute Gasteiger partial charge is 0.316 e. The highest BCUT2D eigenvalue weighted by atomic mass is 16.5. The first-order chi connectivity index (χ1) is 5.26. The van der Waals surface area contributed by atoms with Gasteiger partial charge in [-0.1, -0.05) is 5.10 Å². The Labute approximate surface area is 65.2 Å². The number of ether oxygens (including phenoxy) is 1. The topological polar surface area (TPSA) is 39.9 Å². The molecule has 0 unspecified atom stereocenters. The highest BCUT2D eigenvalue weighted by Gasteiger charge is 2.41. The molecular weight excluding hydrogens is 142 g/mol. The highest BCUT2D eigenvalue weighted by molar-refractivity contribution is 5.06. The Bertz CT molecular complexity index is 264. The molecule has 4 heteroatoms. The van der Waals surface area contributed by atoms with Gasteiger partial charge in [-0.15, -0.1) is 5.10 Å². The van der Waals surface area contributed by atoms with Crippen LogP contribution in [0.15, 0.2) is 6.33 Å². The molecule has 0 aliphatic heterocycles. The third-order valence-electron chi connectivity index (χ3n) is 2.25. The molecule has 1 aromatic heterocycles. The van der Waals surface area contributed by atoms with Gasteiger partial charge in [-0.25, -0.2) is 0 Å². The predicted molar refractivity (Wildman–Crippen MR) is 39.5 cm³/mol. The summed E-state index contributed by atoms with van der Waals surface area (Å²) < 4.78 is 7.03. The number of hydrogen-bond donors (Lipinski definition) is 0. The second-order valence-corrected chi connectivity index (χ2v) is 3.18. The van der Waals surface area contributed by atoms with Gasteiger partial charge in [0.2, 0.25) is 0 Å². The molecule has 1 heterocycles. The van der Waals surface area contributed by atoms with Crippen LogP contribution in [-0.4, -0.2) is 21.9 Å². The van der Waals surface area contributed by atoms with Crippen molar-refractivity contribution in [3.63, 3.8) is 0 Å². The molecule has 0 bridgehead atoms. The van der Waals surface area contributed by atoms with Crippen LogP contribution in [0.1, 0.15) is 19.8 Å². The summed E-state index contributed by atoms with van der Waals surface area (Å²) >= 11 is 0. The van der Waals surface area contributed by atoms with Gasteiger partial charge in [0.05, 0.1) is 7.11 Å². The summed E-state index contributed by atoms with van der Waals surface area (Å²) in [5.74, 6) is 0. The Kier molecular flexibility index (Phi) is 1.19. The molecule has 0 amide bonds. The average Bonchev–Trinajstić information content (AvgIpc) is 2.61. The van der Waals surface area contributed by atoms with Crippen molar-refractivity contribution in [3.8, 4) is 6.01 Å². The molecule has 0 atom stereocenters. The number of hydrogen-bond acceptors (Lipinski definition) is 3. The monoisotopic (exact) mass is 153 g/mol. The van der Waals surface area contributed by atoms with Crippen molar-refractivity contribution in [2.75, 3.05) is 7.11 Å². The Hall–Kier alpha value is -1.06. The molecule has 2 rings (SSSR count). The Morgan fingerprint density at radius 3 is 2.91 bits per heavy atom. The largest absolute Gasteiger partial charge is 0.467 e. The van der Waals surface area contributed by atoms with Crippen molar-refractivity contribution in [3.05, 3.63) is 6.33 Å². The van der Waals surface area contributed by atoms with E-state index >= 15 is 0 Å². The van der Waals surface area contributed by atoms with Crippen LogP contribution >= 0.6 is 0 Å². The molecule has 1 aliphatic carbocycles. The van der Waals surface area contributed by atoms with E-state index in [4.69, 9.17) is 4.74 Å². The van der Waals surface area contributed by atoms with Crippen LogP contribution in [0, 0.1) is 0 Å². The van der Waals surface area contributed by atoms with Gasteiger partial charge in [0.25, 0.3) is 0 Å². The minimum atomic E-state index is 0.231. The van der Waals surface area contributed by atoms with E-state index in [1.165, 1.54) is 12.8 Å². The molecule has 1 saturated carbocycles. The first-order valence-corrected chi connectivity index (χ1v) is 3.71. The maximum absolute atomic E-state index is 5.04. The third-order valence-corrected chi connectivity index (χ3v) is 2.25. The molecule has 4 nitrogen and oxygen atoms in total. The normalized spacial score (nSPS) is 19.8. The van der Waals surface area contributed by atoms with Gasteiger partial charge in [-0.3, -0.25) is 4.57 Å². The zero-order valence-electron chi connectivity index (χ0n) is 6.74. The summed E-state index contributed by atoms with van der Waals surface area (Å²) in [4.78, 5) is 0. The van der Waals surface area contributed by atoms with E-state index in [-0.39, 0.29) is 5.54 Å². The van der Waals surface area contributed by atoms with Gasteiger partial charge < -0.3 is 4.74 Å².